The van der Waals surface area contributed by atoms with Crippen molar-refractivity contribution in [3.63, 3.8) is 0 Å². The number of rotatable bonds is 2. The lowest BCUT2D eigenvalue weighted by Crippen LogP contribution is -1.97. The summed E-state index contributed by atoms with van der Waals surface area (Å²) < 4.78 is 15.4. The van der Waals surface area contributed by atoms with Crippen LogP contribution >= 0.6 is 43.5 Å². The van der Waals surface area contributed by atoms with E-state index in [9.17, 15) is 4.39 Å². The first kappa shape index (κ1) is 13.5. The van der Waals surface area contributed by atoms with Crippen molar-refractivity contribution in [2.75, 3.05) is 0 Å². The van der Waals surface area contributed by atoms with Crippen molar-refractivity contribution in [3.8, 4) is 11.3 Å². The van der Waals surface area contributed by atoms with Crippen LogP contribution in [0.1, 0.15) is 24.6 Å². The molecule has 1 aromatic carbocycles. The Morgan fingerprint density at radius 1 is 1.21 bits per heavy atom. The molecule has 1 saturated carbocycles. The summed E-state index contributed by atoms with van der Waals surface area (Å²) in [5, 5.41) is 0.0696. The Morgan fingerprint density at radius 2 is 1.95 bits per heavy atom. The van der Waals surface area contributed by atoms with Gasteiger partial charge in [0.25, 0.3) is 0 Å². The fraction of sp³-hybridized carbons (Fsp3) is 0.231. The predicted molar refractivity (Wildman–Crippen MR) is 79.8 cm³/mol. The average Bonchev–Trinajstić information content (AvgIpc) is 3.19. The topological polar surface area (TPSA) is 25.8 Å². The fourth-order valence-electron chi connectivity index (χ4n) is 1.82. The largest absolute Gasteiger partial charge is 0.232 e. The fourth-order valence-corrected chi connectivity index (χ4v) is 2.69. The van der Waals surface area contributed by atoms with Crippen LogP contribution in [0, 0.1) is 5.82 Å². The second-order valence-corrected chi connectivity index (χ2v) is 6.48. The van der Waals surface area contributed by atoms with Crippen molar-refractivity contribution < 1.29 is 4.39 Å². The smallest absolute Gasteiger partial charge is 0.152 e. The number of nitrogens with zero attached hydrogens (tertiary/aromatic N) is 2. The van der Waals surface area contributed by atoms with E-state index in [2.05, 4.69) is 41.8 Å². The Bertz CT molecular complexity index is 659. The molecule has 0 N–H and O–H groups in total. The van der Waals surface area contributed by atoms with Gasteiger partial charge >= 0.3 is 0 Å². The molecule has 0 aliphatic heterocycles. The van der Waals surface area contributed by atoms with Crippen molar-refractivity contribution >= 4 is 43.5 Å². The second kappa shape index (κ2) is 5.11. The van der Waals surface area contributed by atoms with Gasteiger partial charge in [-0.2, -0.15) is 0 Å². The van der Waals surface area contributed by atoms with Crippen LogP contribution in [0.25, 0.3) is 11.3 Å². The van der Waals surface area contributed by atoms with Gasteiger partial charge in [0.2, 0.25) is 0 Å². The molecule has 1 fully saturated rings. The second-order valence-electron chi connectivity index (χ2n) is 4.43. The Hall–Kier alpha value is -0.520. The van der Waals surface area contributed by atoms with Crippen LogP contribution < -0.4 is 0 Å². The maximum absolute atomic E-state index is 14.2. The van der Waals surface area contributed by atoms with Gasteiger partial charge in [-0.25, -0.2) is 14.4 Å². The van der Waals surface area contributed by atoms with Gasteiger partial charge in [0.15, 0.2) is 5.82 Å². The Labute approximate surface area is 131 Å². The maximum atomic E-state index is 14.2. The van der Waals surface area contributed by atoms with E-state index in [-0.39, 0.29) is 5.02 Å². The molecular formula is C13H8Br2ClFN2. The third-order valence-corrected chi connectivity index (χ3v) is 4.63. The predicted octanol–water partition coefficient (Wildman–Crippen LogP) is 5.34. The van der Waals surface area contributed by atoms with Gasteiger partial charge in [0.1, 0.15) is 10.4 Å². The van der Waals surface area contributed by atoms with Crippen LogP contribution in [0.5, 0.6) is 0 Å². The van der Waals surface area contributed by atoms with Crippen LogP contribution in [-0.2, 0) is 0 Å². The first-order valence-electron chi connectivity index (χ1n) is 5.74. The summed E-state index contributed by atoms with van der Waals surface area (Å²) in [4.78, 5) is 8.77. The molecule has 0 unspecified atom stereocenters. The molecule has 0 spiro atoms. The van der Waals surface area contributed by atoms with E-state index < -0.39 is 5.82 Å². The minimum atomic E-state index is -0.469. The molecule has 1 aromatic heterocycles. The van der Waals surface area contributed by atoms with Crippen molar-refractivity contribution in [2.24, 2.45) is 0 Å². The zero-order valence-corrected chi connectivity index (χ0v) is 13.6. The number of halogens is 4. The number of hydrogen-bond acceptors (Lipinski definition) is 2. The Morgan fingerprint density at radius 3 is 2.63 bits per heavy atom. The Balaban J connectivity index is 2.13. The summed E-state index contributed by atoms with van der Waals surface area (Å²) in [6.45, 7) is 0. The van der Waals surface area contributed by atoms with E-state index in [1.54, 1.807) is 18.2 Å². The molecule has 19 heavy (non-hydrogen) atoms. The van der Waals surface area contributed by atoms with Crippen LogP contribution in [-0.4, -0.2) is 9.97 Å². The highest BCUT2D eigenvalue weighted by atomic mass is 79.9. The van der Waals surface area contributed by atoms with E-state index in [1.165, 1.54) is 0 Å². The summed E-state index contributed by atoms with van der Waals surface area (Å²) >= 11 is 12.5. The summed E-state index contributed by atoms with van der Waals surface area (Å²) in [6.07, 6.45) is 2.19. The molecule has 1 aliphatic rings. The maximum Gasteiger partial charge on any atom is 0.152 e. The molecule has 1 heterocycles. The highest BCUT2D eigenvalue weighted by molar-refractivity contribution is 9.10. The lowest BCUT2D eigenvalue weighted by Gasteiger charge is -2.08. The quantitative estimate of drug-likeness (QED) is 0.497. The number of benzene rings is 1. The summed E-state index contributed by atoms with van der Waals surface area (Å²) in [5.41, 5.74) is 0.939. The van der Waals surface area contributed by atoms with Crippen LogP contribution in [0.2, 0.25) is 5.02 Å². The number of aromatic nitrogens is 2. The van der Waals surface area contributed by atoms with Crippen LogP contribution in [0.4, 0.5) is 4.39 Å². The lowest BCUT2D eigenvalue weighted by molar-refractivity contribution is 0.630. The van der Waals surface area contributed by atoms with Gasteiger partial charge in [-0.1, -0.05) is 11.6 Å². The zero-order chi connectivity index (χ0) is 13.6. The van der Waals surface area contributed by atoms with E-state index in [1.807, 2.05) is 0 Å². The van der Waals surface area contributed by atoms with E-state index in [4.69, 9.17) is 11.6 Å². The van der Waals surface area contributed by atoms with Gasteiger partial charge in [0.05, 0.1) is 10.7 Å². The van der Waals surface area contributed by atoms with Gasteiger partial charge in [-0.3, -0.25) is 0 Å². The minimum Gasteiger partial charge on any atom is -0.232 e. The standard InChI is InChI=1S/C13H8Br2ClFN2/c14-8-4-3-7(12(17)11(8)16)9-5-10(15)19-13(18-9)6-1-2-6/h3-6H,1-2H2. The van der Waals surface area contributed by atoms with Crippen molar-refractivity contribution in [3.05, 3.63) is 43.9 Å². The molecule has 0 atom stereocenters. The summed E-state index contributed by atoms with van der Waals surface area (Å²) in [6, 6.07) is 5.08. The average molecular weight is 406 g/mol. The van der Waals surface area contributed by atoms with E-state index >= 15 is 0 Å². The molecule has 0 radical (unpaired) electrons. The van der Waals surface area contributed by atoms with E-state index in [0.717, 1.165) is 18.7 Å². The van der Waals surface area contributed by atoms with E-state index in [0.29, 0.717) is 26.3 Å². The van der Waals surface area contributed by atoms with Crippen molar-refractivity contribution in [1.29, 1.82) is 0 Å². The highest BCUT2D eigenvalue weighted by Crippen LogP contribution is 2.40. The van der Waals surface area contributed by atoms with Gasteiger partial charge in [-0.05, 0) is 62.9 Å². The highest BCUT2D eigenvalue weighted by Gasteiger charge is 2.27. The van der Waals surface area contributed by atoms with Crippen LogP contribution in [0.3, 0.4) is 0 Å². The SMILES string of the molecule is Fc1c(-c2cc(Br)nc(C3CC3)n2)ccc(Br)c1Cl. The van der Waals surface area contributed by atoms with Crippen LogP contribution in [0.15, 0.2) is 27.3 Å². The van der Waals surface area contributed by atoms with Gasteiger partial charge in [0, 0.05) is 16.0 Å². The summed E-state index contributed by atoms with van der Waals surface area (Å²) in [5.74, 6) is 0.705. The molecule has 0 bridgehead atoms. The normalized spacial score (nSPS) is 14.7. The molecule has 98 valence electrons. The Kier molecular flexibility index (Phi) is 3.62. The van der Waals surface area contributed by atoms with Crippen molar-refractivity contribution in [1.82, 2.24) is 9.97 Å². The molecule has 6 heteroatoms. The zero-order valence-electron chi connectivity index (χ0n) is 9.63. The molecule has 2 nitrogen and oxygen atoms in total. The number of hydrogen-bond donors (Lipinski definition) is 0. The molecule has 0 amide bonds. The molecular weight excluding hydrogens is 398 g/mol. The molecule has 1 aliphatic carbocycles. The lowest BCUT2D eigenvalue weighted by atomic mass is 10.1. The first-order valence-corrected chi connectivity index (χ1v) is 7.71. The van der Waals surface area contributed by atoms with Gasteiger partial charge < -0.3 is 0 Å². The first-order chi connectivity index (χ1) is 9.06. The molecule has 3 rings (SSSR count). The summed E-state index contributed by atoms with van der Waals surface area (Å²) in [7, 11) is 0. The third kappa shape index (κ3) is 2.69. The minimum absolute atomic E-state index is 0.0696. The third-order valence-electron chi connectivity index (χ3n) is 2.97. The van der Waals surface area contributed by atoms with Crippen molar-refractivity contribution in [2.45, 2.75) is 18.8 Å². The monoisotopic (exact) mass is 404 g/mol. The molecule has 2 aromatic rings. The van der Waals surface area contributed by atoms with Gasteiger partial charge in [-0.15, -0.1) is 0 Å². The molecule has 0 saturated heterocycles.